The van der Waals surface area contributed by atoms with Gasteiger partial charge in [-0.1, -0.05) is 19.9 Å². The van der Waals surface area contributed by atoms with Crippen molar-refractivity contribution in [1.82, 2.24) is 9.55 Å². The maximum absolute atomic E-state index is 9.01. The van der Waals surface area contributed by atoms with E-state index in [2.05, 4.69) is 47.1 Å². The van der Waals surface area contributed by atoms with Crippen LogP contribution in [0.4, 0.5) is 0 Å². The lowest BCUT2D eigenvalue weighted by Crippen LogP contribution is -1.99. The molecule has 3 aromatic rings. The van der Waals surface area contributed by atoms with Crippen LogP contribution in [-0.2, 0) is 6.54 Å². The van der Waals surface area contributed by atoms with E-state index in [0.717, 1.165) is 23.1 Å². The summed E-state index contributed by atoms with van der Waals surface area (Å²) in [6.07, 6.45) is 2.06. The molecule has 3 rings (SSSR count). The molecule has 0 atom stereocenters. The first-order valence-corrected chi connectivity index (χ1v) is 7.48. The Morgan fingerprint density at radius 1 is 1.35 bits per heavy atom. The van der Waals surface area contributed by atoms with Gasteiger partial charge in [-0.05, 0) is 23.6 Å². The molecule has 4 heteroatoms. The second-order valence-corrected chi connectivity index (χ2v) is 6.05. The van der Waals surface area contributed by atoms with Gasteiger partial charge in [-0.25, -0.2) is 4.98 Å². The molecule has 0 aliphatic rings. The third-order valence-electron chi connectivity index (χ3n) is 3.30. The number of nitriles is 1. The molecule has 0 aliphatic heterocycles. The van der Waals surface area contributed by atoms with Crippen LogP contribution in [-0.4, -0.2) is 9.55 Å². The van der Waals surface area contributed by atoms with Crippen molar-refractivity contribution in [3.63, 3.8) is 0 Å². The first-order chi connectivity index (χ1) is 9.67. The molecule has 3 nitrogen and oxygen atoms in total. The topological polar surface area (TPSA) is 41.6 Å². The molecule has 0 bridgehead atoms. The highest BCUT2D eigenvalue weighted by atomic mass is 32.1. The molecule has 0 radical (unpaired) electrons. The van der Waals surface area contributed by atoms with Crippen LogP contribution in [0, 0.1) is 11.3 Å². The van der Waals surface area contributed by atoms with Crippen molar-refractivity contribution < 1.29 is 0 Å². The SMILES string of the molecule is CC(C)c1nc(Cn2ccc3ccc(C#N)cc32)cs1. The lowest BCUT2D eigenvalue weighted by Gasteiger charge is -2.03. The monoisotopic (exact) mass is 281 g/mol. The summed E-state index contributed by atoms with van der Waals surface area (Å²) in [5, 5.41) is 13.5. The average Bonchev–Trinajstić information content (AvgIpc) is 3.06. The highest BCUT2D eigenvalue weighted by molar-refractivity contribution is 7.09. The lowest BCUT2D eigenvalue weighted by atomic mass is 10.2. The summed E-state index contributed by atoms with van der Waals surface area (Å²) in [7, 11) is 0. The molecule has 2 heterocycles. The van der Waals surface area contributed by atoms with E-state index >= 15 is 0 Å². The molecule has 1 aromatic carbocycles. The van der Waals surface area contributed by atoms with Gasteiger partial charge in [-0.3, -0.25) is 0 Å². The van der Waals surface area contributed by atoms with E-state index in [1.165, 1.54) is 5.01 Å². The predicted molar refractivity (Wildman–Crippen MR) is 82.0 cm³/mol. The molecule has 0 fully saturated rings. The molecule has 100 valence electrons. The van der Waals surface area contributed by atoms with Crippen molar-refractivity contribution in [2.24, 2.45) is 0 Å². The van der Waals surface area contributed by atoms with Gasteiger partial charge < -0.3 is 4.57 Å². The van der Waals surface area contributed by atoms with Crippen LogP contribution in [0.25, 0.3) is 10.9 Å². The van der Waals surface area contributed by atoms with Gasteiger partial charge in [0.25, 0.3) is 0 Å². The number of aromatic nitrogens is 2. The Kier molecular flexibility index (Phi) is 3.29. The molecular formula is C16H15N3S. The largest absolute Gasteiger partial charge is 0.341 e. The smallest absolute Gasteiger partial charge is 0.0992 e. The van der Waals surface area contributed by atoms with Crippen molar-refractivity contribution in [1.29, 1.82) is 5.26 Å². The molecule has 0 saturated heterocycles. The van der Waals surface area contributed by atoms with Gasteiger partial charge in [0.2, 0.25) is 0 Å². The number of benzene rings is 1. The van der Waals surface area contributed by atoms with Crippen molar-refractivity contribution >= 4 is 22.2 Å². The zero-order valence-corrected chi connectivity index (χ0v) is 12.3. The Labute approximate surface area is 122 Å². The normalized spacial score (nSPS) is 11.1. The Hall–Kier alpha value is -2.12. The summed E-state index contributed by atoms with van der Waals surface area (Å²) in [6.45, 7) is 5.07. The highest BCUT2D eigenvalue weighted by Crippen LogP contribution is 2.22. The van der Waals surface area contributed by atoms with Crippen LogP contribution < -0.4 is 0 Å². The second-order valence-electron chi connectivity index (χ2n) is 5.16. The van der Waals surface area contributed by atoms with Gasteiger partial charge in [0, 0.05) is 23.0 Å². The number of nitrogens with zero attached hydrogens (tertiary/aromatic N) is 3. The van der Waals surface area contributed by atoms with Crippen molar-refractivity contribution in [2.45, 2.75) is 26.3 Å². The number of hydrogen-bond donors (Lipinski definition) is 0. The number of fused-ring (bicyclic) bond motifs is 1. The molecule has 0 unspecified atom stereocenters. The predicted octanol–water partition coefficient (Wildman–Crippen LogP) is 4.14. The molecular weight excluding hydrogens is 266 g/mol. The van der Waals surface area contributed by atoms with Crippen LogP contribution in [0.1, 0.15) is 36.0 Å². The van der Waals surface area contributed by atoms with Crippen molar-refractivity contribution in [3.05, 3.63) is 52.1 Å². The zero-order valence-electron chi connectivity index (χ0n) is 11.5. The summed E-state index contributed by atoms with van der Waals surface area (Å²) in [6, 6.07) is 10.0. The van der Waals surface area contributed by atoms with Crippen LogP contribution in [0.3, 0.4) is 0 Å². The molecule has 0 amide bonds. The highest BCUT2D eigenvalue weighted by Gasteiger charge is 2.08. The fraction of sp³-hybridized carbons (Fsp3) is 0.250. The van der Waals surface area contributed by atoms with Crippen molar-refractivity contribution in [2.75, 3.05) is 0 Å². The lowest BCUT2D eigenvalue weighted by molar-refractivity contribution is 0.787. The minimum atomic E-state index is 0.473. The average molecular weight is 281 g/mol. The van der Waals surface area contributed by atoms with E-state index < -0.39 is 0 Å². The molecule has 0 spiro atoms. The summed E-state index contributed by atoms with van der Waals surface area (Å²) in [4.78, 5) is 4.67. The van der Waals surface area contributed by atoms with Crippen LogP contribution in [0.5, 0.6) is 0 Å². The summed E-state index contributed by atoms with van der Waals surface area (Å²) < 4.78 is 2.15. The maximum Gasteiger partial charge on any atom is 0.0992 e. The Morgan fingerprint density at radius 2 is 2.20 bits per heavy atom. The summed E-state index contributed by atoms with van der Waals surface area (Å²) >= 11 is 1.72. The van der Waals surface area contributed by atoms with Gasteiger partial charge >= 0.3 is 0 Å². The fourth-order valence-corrected chi connectivity index (χ4v) is 3.05. The number of thiazole rings is 1. The van der Waals surface area contributed by atoms with Crippen molar-refractivity contribution in [3.8, 4) is 6.07 Å². The van der Waals surface area contributed by atoms with Gasteiger partial charge in [0.1, 0.15) is 0 Å². The van der Waals surface area contributed by atoms with E-state index in [1.807, 2.05) is 18.2 Å². The molecule has 0 saturated carbocycles. The van der Waals surface area contributed by atoms with Gasteiger partial charge in [-0.2, -0.15) is 5.26 Å². The third-order valence-corrected chi connectivity index (χ3v) is 4.49. The Bertz CT molecular complexity index is 790. The maximum atomic E-state index is 9.01. The number of hydrogen-bond acceptors (Lipinski definition) is 3. The van der Waals surface area contributed by atoms with E-state index in [1.54, 1.807) is 11.3 Å². The van der Waals surface area contributed by atoms with E-state index in [-0.39, 0.29) is 0 Å². The van der Waals surface area contributed by atoms with Crippen LogP contribution in [0.2, 0.25) is 0 Å². The standard InChI is InChI=1S/C16H15N3S/c1-11(2)16-18-14(10-20-16)9-19-6-5-13-4-3-12(8-17)7-15(13)19/h3-7,10-11H,9H2,1-2H3. The summed E-state index contributed by atoms with van der Waals surface area (Å²) in [5.41, 5.74) is 2.86. The molecule has 20 heavy (non-hydrogen) atoms. The quantitative estimate of drug-likeness (QED) is 0.724. The molecule has 0 aliphatic carbocycles. The van der Waals surface area contributed by atoms with Gasteiger partial charge in [0.05, 0.1) is 28.9 Å². The minimum absolute atomic E-state index is 0.473. The van der Waals surface area contributed by atoms with Crippen LogP contribution >= 0.6 is 11.3 Å². The van der Waals surface area contributed by atoms with E-state index in [9.17, 15) is 0 Å². The third kappa shape index (κ3) is 2.33. The Balaban J connectivity index is 1.95. The first kappa shape index (κ1) is 12.9. The summed E-state index contributed by atoms with van der Waals surface area (Å²) in [5.74, 6) is 0.473. The zero-order chi connectivity index (χ0) is 14.1. The fourth-order valence-electron chi connectivity index (χ4n) is 2.23. The minimum Gasteiger partial charge on any atom is -0.341 e. The molecule has 2 aromatic heterocycles. The van der Waals surface area contributed by atoms with Gasteiger partial charge in [-0.15, -0.1) is 11.3 Å². The molecule has 0 N–H and O–H groups in total. The number of rotatable bonds is 3. The first-order valence-electron chi connectivity index (χ1n) is 6.60. The van der Waals surface area contributed by atoms with E-state index in [0.29, 0.717) is 11.5 Å². The van der Waals surface area contributed by atoms with Crippen LogP contribution in [0.15, 0.2) is 35.8 Å². The van der Waals surface area contributed by atoms with Gasteiger partial charge in [0.15, 0.2) is 0 Å². The Morgan fingerprint density at radius 3 is 2.90 bits per heavy atom. The van der Waals surface area contributed by atoms with E-state index in [4.69, 9.17) is 5.26 Å². The second kappa shape index (κ2) is 5.10.